The molecule has 4 aromatic rings. The summed E-state index contributed by atoms with van der Waals surface area (Å²) in [5.41, 5.74) is 2.05. The summed E-state index contributed by atoms with van der Waals surface area (Å²) in [5, 5.41) is 4.73. The molecule has 0 atom stereocenters. The van der Waals surface area contributed by atoms with Crippen LogP contribution in [0.4, 0.5) is 5.13 Å². The van der Waals surface area contributed by atoms with Gasteiger partial charge in [-0.05, 0) is 12.1 Å². The van der Waals surface area contributed by atoms with Crippen LogP contribution in [0.1, 0.15) is 10.5 Å². The van der Waals surface area contributed by atoms with Gasteiger partial charge in [-0.2, -0.15) is 0 Å². The first-order valence-electron chi connectivity index (χ1n) is 10.3. The highest BCUT2D eigenvalue weighted by Crippen LogP contribution is 2.30. The average molecular weight is 435 g/mol. The van der Waals surface area contributed by atoms with Crippen LogP contribution in [-0.2, 0) is 4.74 Å². The van der Waals surface area contributed by atoms with Gasteiger partial charge in [0, 0.05) is 37.8 Å². The standard InChI is InChI=1S/C23H22N4O3S/c28-22(19-16-20(30-25-19)17-6-2-1-3-7-17)27(11-10-26-12-14-29-15-13-26)23-24-18-8-4-5-9-21(18)31-23/h1-9,16H,10-15H2. The number of para-hydroxylation sites is 1. The minimum absolute atomic E-state index is 0.210. The number of carbonyl (C=O) groups excluding carboxylic acids is 1. The minimum Gasteiger partial charge on any atom is -0.379 e. The molecule has 0 saturated carbocycles. The summed E-state index contributed by atoms with van der Waals surface area (Å²) in [6, 6.07) is 19.3. The second-order valence-corrected chi connectivity index (χ2v) is 8.33. The Morgan fingerprint density at radius 1 is 1.06 bits per heavy atom. The number of anilines is 1. The summed E-state index contributed by atoms with van der Waals surface area (Å²) in [5.74, 6) is 0.361. The Morgan fingerprint density at radius 3 is 2.65 bits per heavy atom. The summed E-state index contributed by atoms with van der Waals surface area (Å²) < 4.78 is 12.0. The van der Waals surface area contributed by atoms with Gasteiger partial charge in [-0.1, -0.05) is 59.0 Å². The third-order valence-corrected chi connectivity index (χ3v) is 6.35. The van der Waals surface area contributed by atoms with E-state index in [0.717, 1.165) is 48.6 Å². The van der Waals surface area contributed by atoms with Crippen LogP contribution in [0, 0.1) is 0 Å². The maximum atomic E-state index is 13.5. The summed E-state index contributed by atoms with van der Waals surface area (Å²) in [6.45, 7) is 4.44. The molecule has 1 saturated heterocycles. The molecule has 8 heteroatoms. The van der Waals surface area contributed by atoms with Crippen molar-refractivity contribution in [1.29, 1.82) is 0 Å². The lowest BCUT2D eigenvalue weighted by atomic mass is 10.1. The second kappa shape index (κ2) is 8.97. The molecule has 1 amide bonds. The van der Waals surface area contributed by atoms with Crippen LogP contribution < -0.4 is 4.90 Å². The van der Waals surface area contributed by atoms with Gasteiger partial charge >= 0.3 is 0 Å². The van der Waals surface area contributed by atoms with Gasteiger partial charge in [0.1, 0.15) is 0 Å². The minimum atomic E-state index is -0.210. The zero-order valence-electron chi connectivity index (χ0n) is 16.9. The maximum absolute atomic E-state index is 13.5. The van der Waals surface area contributed by atoms with E-state index in [9.17, 15) is 4.79 Å². The van der Waals surface area contributed by atoms with Gasteiger partial charge in [-0.3, -0.25) is 14.6 Å². The Balaban J connectivity index is 1.42. The first kappa shape index (κ1) is 19.9. The molecule has 0 radical (unpaired) electrons. The molecule has 2 aromatic carbocycles. The predicted octanol–water partition coefficient (Wildman–Crippen LogP) is 3.93. The Morgan fingerprint density at radius 2 is 1.84 bits per heavy atom. The van der Waals surface area contributed by atoms with Crippen molar-refractivity contribution in [2.75, 3.05) is 44.3 Å². The molecule has 1 fully saturated rings. The largest absolute Gasteiger partial charge is 0.379 e. The fraction of sp³-hybridized carbons (Fsp3) is 0.261. The fourth-order valence-electron chi connectivity index (χ4n) is 3.58. The van der Waals surface area contributed by atoms with Gasteiger partial charge in [0.15, 0.2) is 16.6 Å². The van der Waals surface area contributed by atoms with Crippen LogP contribution in [-0.4, -0.2) is 60.3 Å². The molecular formula is C23H22N4O3S. The van der Waals surface area contributed by atoms with Gasteiger partial charge < -0.3 is 9.26 Å². The summed E-state index contributed by atoms with van der Waals surface area (Å²) in [6.07, 6.45) is 0. The third-order valence-electron chi connectivity index (χ3n) is 5.29. The van der Waals surface area contributed by atoms with Crippen LogP contribution in [0.3, 0.4) is 0 Å². The van der Waals surface area contributed by atoms with Crippen molar-refractivity contribution in [2.45, 2.75) is 0 Å². The van der Waals surface area contributed by atoms with Crippen LogP contribution in [0.15, 0.2) is 65.2 Å². The van der Waals surface area contributed by atoms with E-state index in [2.05, 4.69) is 10.1 Å². The number of nitrogens with zero attached hydrogens (tertiary/aromatic N) is 4. The molecule has 0 bridgehead atoms. The van der Waals surface area contributed by atoms with Gasteiger partial charge in [0.25, 0.3) is 5.91 Å². The Labute approximate surface area is 183 Å². The Bertz CT molecular complexity index is 1130. The van der Waals surface area contributed by atoms with Crippen molar-refractivity contribution < 1.29 is 14.1 Å². The highest BCUT2D eigenvalue weighted by atomic mass is 32.1. The maximum Gasteiger partial charge on any atom is 0.282 e. The van der Waals surface area contributed by atoms with E-state index in [-0.39, 0.29) is 11.6 Å². The SMILES string of the molecule is O=C(c1cc(-c2ccccc2)on1)N(CCN1CCOCC1)c1nc2ccccc2s1. The van der Waals surface area contributed by atoms with E-state index >= 15 is 0 Å². The Kier molecular flexibility index (Phi) is 5.75. The lowest BCUT2D eigenvalue weighted by Crippen LogP contribution is -2.43. The number of benzene rings is 2. The molecule has 0 N–H and O–H groups in total. The van der Waals surface area contributed by atoms with Gasteiger partial charge in [-0.25, -0.2) is 4.98 Å². The molecule has 3 heterocycles. The summed E-state index contributed by atoms with van der Waals surface area (Å²) in [7, 11) is 0. The molecule has 31 heavy (non-hydrogen) atoms. The first-order valence-corrected chi connectivity index (χ1v) is 11.1. The topological polar surface area (TPSA) is 71.7 Å². The highest BCUT2D eigenvalue weighted by Gasteiger charge is 2.25. The van der Waals surface area contributed by atoms with Crippen molar-refractivity contribution in [3.63, 3.8) is 0 Å². The van der Waals surface area contributed by atoms with Crippen LogP contribution in [0.25, 0.3) is 21.5 Å². The van der Waals surface area contributed by atoms with Crippen molar-refractivity contribution in [1.82, 2.24) is 15.0 Å². The Hall–Kier alpha value is -3.07. The third kappa shape index (κ3) is 4.36. The molecular weight excluding hydrogens is 412 g/mol. The molecule has 158 valence electrons. The van der Waals surface area contributed by atoms with Gasteiger partial charge in [0.05, 0.1) is 23.4 Å². The van der Waals surface area contributed by atoms with E-state index < -0.39 is 0 Å². The normalized spacial score (nSPS) is 14.7. The molecule has 5 rings (SSSR count). The fourth-order valence-corrected chi connectivity index (χ4v) is 4.57. The number of ether oxygens (including phenoxy) is 1. The zero-order chi connectivity index (χ0) is 21.0. The van der Waals surface area contributed by atoms with E-state index in [0.29, 0.717) is 17.4 Å². The highest BCUT2D eigenvalue weighted by molar-refractivity contribution is 7.22. The lowest BCUT2D eigenvalue weighted by molar-refractivity contribution is 0.0391. The van der Waals surface area contributed by atoms with Crippen molar-refractivity contribution in [2.24, 2.45) is 0 Å². The van der Waals surface area contributed by atoms with Crippen LogP contribution in [0.2, 0.25) is 0 Å². The van der Waals surface area contributed by atoms with E-state index in [1.807, 2.05) is 54.6 Å². The number of amides is 1. The number of hydrogen-bond donors (Lipinski definition) is 0. The van der Waals surface area contributed by atoms with Crippen molar-refractivity contribution >= 4 is 32.6 Å². The molecule has 1 aliphatic rings. The number of carbonyl (C=O) groups is 1. The van der Waals surface area contributed by atoms with E-state index in [1.165, 1.54) is 11.3 Å². The van der Waals surface area contributed by atoms with Crippen LogP contribution >= 0.6 is 11.3 Å². The zero-order valence-corrected chi connectivity index (χ0v) is 17.8. The smallest absolute Gasteiger partial charge is 0.282 e. The molecule has 0 spiro atoms. The van der Waals surface area contributed by atoms with E-state index in [1.54, 1.807) is 11.0 Å². The first-order chi connectivity index (χ1) is 15.3. The number of rotatable bonds is 6. The van der Waals surface area contributed by atoms with Crippen molar-refractivity contribution in [3.8, 4) is 11.3 Å². The van der Waals surface area contributed by atoms with Crippen LogP contribution in [0.5, 0.6) is 0 Å². The van der Waals surface area contributed by atoms with Gasteiger partial charge in [0.2, 0.25) is 0 Å². The van der Waals surface area contributed by atoms with E-state index in [4.69, 9.17) is 14.2 Å². The summed E-state index contributed by atoms with van der Waals surface area (Å²) >= 11 is 1.51. The molecule has 2 aromatic heterocycles. The molecule has 0 unspecified atom stereocenters. The number of morpholine rings is 1. The molecule has 1 aliphatic heterocycles. The predicted molar refractivity (Wildman–Crippen MR) is 120 cm³/mol. The summed E-state index contributed by atoms with van der Waals surface area (Å²) in [4.78, 5) is 22.2. The molecule has 7 nitrogen and oxygen atoms in total. The second-order valence-electron chi connectivity index (χ2n) is 7.32. The average Bonchev–Trinajstić information content (AvgIpc) is 3.48. The quantitative estimate of drug-likeness (QED) is 0.458. The van der Waals surface area contributed by atoms with Gasteiger partial charge in [-0.15, -0.1) is 0 Å². The monoisotopic (exact) mass is 434 g/mol. The number of fused-ring (bicyclic) bond motifs is 1. The molecule has 0 aliphatic carbocycles. The number of aromatic nitrogens is 2. The lowest BCUT2D eigenvalue weighted by Gasteiger charge is -2.28. The number of thiazole rings is 1. The number of hydrogen-bond acceptors (Lipinski definition) is 7. The van der Waals surface area contributed by atoms with Crippen molar-refractivity contribution in [3.05, 3.63) is 66.4 Å².